The van der Waals surface area contributed by atoms with Gasteiger partial charge in [-0.3, -0.25) is 9.11 Å². The van der Waals surface area contributed by atoms with Crippen LogP contribution < -0.4 is 29.9 Å². The molecule has 0 amide bonds. The highest BCUT2D eigenvalue weighted by Gasteiger charge is 2.21. The second kappa shape index (κ2) is 21.5. The van der Waals surface area contributed by atoms with E-state index < -0.39 is 41.7 Å². The lowest BCUT2D eigenvalue weighted by molar-refractivity contribution is 0.322. The van der Waals surface area contributed by atoms with E-state index in [0.29, 0.717) is 49.1 Å². The maximum atomic E-state index is 14.3. The maximum Gasteiger partial charge on any atom is 0.297 e. The minimum Gasteiger partial charge on any atom is -0.494 e. The molecule has 0 atom stereocenters. The summed E-state index contributed by atoms with van der Waals surface area (Å²) in [6.45, 7) is 9.95. The number of hydrogen-bond donors (Lipinski definition) is 5. The van der Waals surface area contributed by atoms with E-state index in [1.54, 1.807) is 24.3 Å². The van der Waals surface area contributed by atoms with E-state index in [0.717, 1.165) is 36.0 Å². The predicted octanol–water partition coefficient (Wildman–Crippen LogP) is 8.76. The number of ether oxygens (including phenoxy) is 2. The van der Waals surface area contributed by atoms with Crippen molar-refractivity contribution in [1.82, 2.24) is 15.0 Å². The molecule has 1 aromatic heterocycles. The standard InChI is InChI=1S/C39H45F2N11O9S3/c1-7-51(8-2)31-19-27(29(21-33(31)60-5)49-47-23-11-13-25(40)35(17-23)63(54,55)56)42-37-44-38(46-39(45-37)62-16-15-53)43-28-20-32(52(9-3)10-4)34(61-6)22-30(28)50-48-24-12-14-26(41)36(18-24)64(57,58)59/h11-14,17-22,53H,7-10,15-16H2,1-6H3,(H,54,55,56)(H,57,58,59)(H2,42,43,44,45,46). The summed E-state index contributed by atoms with van der Waals surface area (Å²) in [5.41, 5.74) is 1.94. The maximum absolute atomic E-state index is 14.3. The summed E-state index contributed by atoms with van der Waals surface area (Å²) in [6, 6.07) is 12.2. The summed E-state index contributed by atoms with van der Waals surface area (Å²) in [5, 5.41) is 33.1. The molecule has 0 radical (unpaired) electrons. The minimum absolute atomic E-state index is 0.0230. The van der Waals surface area contributed by atoms with Crippen molar-refractivity contribution < 1.29 is 49.3 Å². The lowest BCUT2D eigenvalue weighted by Gasteiger charge is -2.25. The highest BCUT2D eigenvalue weighted by Crippen LogP contribution is 2.43. The van der Waals surface area contributed by atoms with Crippen molar-refractivity contribution in [2.75, 3.05) is 73.2 Å². The molecule has 0 aliphatic carbocycles. The fraction of sp³-hybridized carbons (Fsp3) is 0.308. The summed E-state index contributed by atoms with van der Waals surface area (Å²) < 4.78 is 106. The van der Waals surface area contributed by atoms with Crippen LogP contribution in [-0.4, -0.2) is 98.8 Å². The van der Waals surface area contributed by atoms with Gasteiger partial charge in [0.25, 0.3) is 20.2 Å². The number of halogens is 2. The number of nitrogens with one attached hydrogen (secondary N) is 2. The van der Waals surface area contributed by atoms with Crippen molar-refractivity contribution in [2.45, 2.75) is 42.6 Å². The second-order valence-corrected chi connectivity index (χ2v) is 16.9. The van der Waals surface area contributed by atoms with Crippen molar-refractivity contribution in [1.29, 1.82) is 0 Å². The molecule has 25 heteroatoms. The molecule has 0 saturated heterocycles. The quantitative estimate of drug-likeness (QED) is 0.0261. The third kappa shape index (κ3) is 12.1. The van der Waals surface area contributed by atoms with Gasteiger partial charge in [0.1, 0.15) is 44.3 Å². The Morgan fingerprint density at radius 3 is 1.39 bits per heavy atom. The van der Waals surface area contributed by atoms with Crippen LogP contribution in [-0.2, 0) is 20.2 Å². The van der Waals surface area contributed by atoms with Gasteiger partial charge in [0.2, 0.25) is 11.9 Å². The highest BCUT2D eigenvalue weighted by atomic mass is 32.2. The smallest absolute Gasteiger partial charge is 0.297 e. The average molecular weight is 946 g/mol. The number of aliphatic hydroxyl groups excluding tert-OH is 1. The number of aromatic nitrogens is 3. The van der Waals surface area contributed by atoms with E-state index in [9.17, 15) is 39.8 Å². The zero-order valence-corrected chi connectivity index (χ0v) is 37.8. The van der Waals surface area contributed by atoms with Gasteiger partial charge in [-0.25, -0.2) is 8.78 Å². The zero-order valence-electron chi connectivity index (χ0n) is 35.3. The molecule has 5 N–H and O–H groups in total. The van der Waals surface area contributed by atoms with Crippen molar-refractivity contribution >= 4 is 89.4 Å². The van der Waals surface area contributed by atoms with Gasteiger partial charge in [0.05, 0.1) is 55.0 Å². The number of azo groups is 2. The molecule has 0 aliphatic rings. The summed E-state index contributed by atoms with van der Waals surface area (Å²) in [5.74, 6) is -1.40. The monoisotopic (exact) mass is 945 g/mol. The van der Waals surface area contributed by atoms with Gasteiger partial charge >= 0.3 is 0 Å². The molecule has 64 heavy (non-hydrogen) atoms. The van der Waals surface area contributed by atoms with Crippen LogP contribution in [0.4, 0.5) is 66.2 Å². The highest BCUT2D eigenvalue weighted by molar-refractivity contribution is 7.99. The zero-order chi connectivity index (χ0) is 46.8. The van der Waals surface area contributed by atoms with Crippen molar-refractivity contribution in [3.8, 4) is 11.5 Å². The number of thioether (sulfide) groups is 1. The molecule has 0 aliphatic heterocycles. The first-order chi connectivity index (χ1) is 30.5. The Balaban J connectivity index is 1.66. The molecule has 0 saturated carbocycles. The van der Waals surface area contributed by atoms with Gasteiger partial charge in [0.15, 0.2) is 5.16 Å². The molecule has 20 nitrogen and oxygen atoms in total. The molecule has 5 rings (SSSR count). The second-order valence-electron chi connectivity index (χ2n) is 13.1. The molecule has 0 fully saturated rings. The van der Waals surface area contributed by atoms with E-state index in [1.807, 2.05) is 37.5 Å². The molecule has 0 bridgehead atoms. The lowest BCUT2D eigenvalue weighted by Crippen LogP contribution is -2.22. The van der Waals surface area contributed by atoms with Crippen molar-refractivity contribution in [3.05, 3.63) is 72.3 Å². The molecule has 5 aromatic rings. The number of rotatable bonds is 21. The van der Waals surface area contributed by atoms with E-state index >= 15 is 0 Å². The topological polar surface area (TPSA) is 266 Å². The van der Waals surface area contributed by atoms with Crippen LogP contribution >= 0.6 is 11.8 Å². The van der Waals surface area contributed by atoms with Gasteiger partial charge in [0, 0.05) is 44.1 Å². The Kier molecular flexibility index (Phi) is 16.4. The SMILES string of the molecule is CCN(CC)c1cc(Nc2nc(Nc3cc(N(CC)CC)c(OC)cc3N=Nc3ccc(F)c(S(=O)(=O)O)c3)nc(SCCO)n2)c(N=Nc2ccc(F)c(S(=O)(=O)O)c2)cc1OC. The fourth-order valence-corrected chi connectivity index (χ4v) is 7.81. The van der Waals surface area contributed by atoms with Crippen LogP contribution in [0.5, 0.6) is 11.5 Å². The van der Waals surface area contributed by atoms with E-state index in [-0.39, 0.29) is 63.5 Å². The van der Waals surface area contributed by atoms with Crippen LogP contribution in [0, 0.1) is 11.6 Å². The van der Waals surface area contributed by atoms with Crippen molar-refractivity contribution in [3.63, 3.8) is 0 Å². The van der Waals surface area contributed by atoms with Gasteiger partial charge < -0.3 is 35.0 Å². The Hall–Kier alpha value is -6.12. The van der Waals surface area contributed by atoms with E-state index in [2.05, 4.69) is 46.0 Å². The van der Waals surface area contributed by atoms with Crippen LogP contribution in [0.2, 0.25) is 0 Å². The van der Waals surface area contributed by atoms with Crippen LogP contribution in [0.25, 0.3) is 0 Å². The normalized spacial score (nSPS) is 11.9. The Morgan fingerprint density at radius 2 is 1.05 bits per heavy atom. The first kappa shape index (κ1) is 48.9. The first-order valence-electron chi connectivity index (χ1n) is 19.3. The van der Waals surface area contributed by atoms with Crippen LogP contribution in [0.15, 0.2) is 96.1 Å². The lowest BCUT2D eigenvalue weighted by atomic mass is 10.2. The van der Waals surface area contributed by atoms with Gasteiger partial charge in [-0.2, -0.15) is 42.0 Å². The predicted molar refractivity (Wildman–Crippen MR) is 238 cm³/mol. The Morgan fingerprint density at radius 1 is 0.641 bits per heavy atom. The molecule has 0 spiro atoms. The summed E-state index contributed by atoms with van der Waals surface area (Å²) in [6.07, 6.45) is 0. The van der Waals surface area contributed by atoms with Crippen LogP contribution in [0.1, 0.15) is 27.7 Å². The van der Waals surface area contributed by atoms with Gasteiger partial charge in [-0.1, -0.05) is 11.8 Å². The largest absolute Gasteiger partial charge is 0.494 e. The minimum atomic E-state index is -4.92. The molecule has 4 aromatic carbocycles. The van der Waals surface area contributed by atoms with Crippen molar-refractivity contribution in [2.24, 2.45) is 20.5 Å². The molecule has 0 unspecified atom stereocenters. The number of aliphatic hydroxyl groups is 1. The van der Waals surface area contributed by atoms with Crippen LogP contribution in [0.3, 0.4) is 0 Å². The number of hydrogen-bond acceptors (Lipinski definition) is 19. The number of nitrogens with zero attached hydrogens (tertiary/aromatic N) is 9. The summed E-state index contributed by atoms with van der Waals surface area (Å²) in [7, 11) is -6.90. The van der Waals surface area contributed by atoms with E-state index in [1.165, 1.54) is 26.4 Å². The first-order valence-corrected chi connectivity index (χ1v) is 23.2. The fourth-order valence-electron chi connectivity index (χ4n) is 6.07. The van der Waals surface area contributed by atoms with E-state index in [4.69, 9.17) is 9.47 Å². The molecule has 1 heterocycles. The number of methoxy groups -OCH3 is 2. The van der Waals surface area contributed by atoms with Gasteiger partial charge in [-0.15, -0.1) is 10.2 Å². The number of anilines is 6. The molecular formula is C39H45F2N11O9S3. The third-order valence-corrected chi connectivity index (χ3v) is 11.7. The average Bonchev–Trinajstić information content (AvgIpc) is 3.25. The Bertz CT molecular complexity index is 2580. The molecular weight excluding hydrogens is 901 g/mol. The summed E-state index contributed by atoms with van der Waals surface area (Å²) >= 11 is 1.11. The summed E-state index contributed by atoms with van der Waals surface area (Å²) in [4.78, 5) is 15.8. The third-order valence-electron chi connectivity index (χ3n) is 9.16. The number of benzene rings is 4. The molecule has 342 valence electrons. The Labute approximate surface area is 372 Å². The van der Waals surface area contributed by atoms with Gasteiger partial charge in [-0.05, 0) is 76.2 Å².